The maximum absolute atomic E-state index is 13.1. The number of esters is 1. The molecule has 0 spiro atoms. The molecule has 0 aliphatic carbocycles. The fourth-order valence-electron chi connectivity index (χ4n) is 3.45. The number of hydrogen-bond acceptors (Lipinski definition) is 6. The van der Waals surface area contributed by atoms with Crippen LogP contribution in [0.25, 0.3) is 11.4 Å². The lowest BCUT2D eigenvalue weighted by Crippen LogP contribution is -2.34. The summed E-state index contributed by atoms with van der Waals surface area (Å²) in [5, 5.41) is 6.80. The second-order valence-corrected chi connectivity index (χ2v) is 7.04. The molecule has 2 heterocycles. The lowest BCUT2D eigenvalue weighted by Gasteiger charge is -2.22. The number of rotatable bonds is 5. The van der Waals surface area contributed by atoms with E-state index in [1.165, 1.54) is 12.1 Å². The molecule has 4 rings (SSSR count). The normalized spacial score (nSPS) is 15.7. The molecule has 0 saturated carbocycles. The Bertz CT molecular complexity index is 1070. The number of halogens is 1. The third-order valence-electron chi connectivity index (χ3n) is 4.99. The summed E-state index contributed by atoms with van der Waals surface area (Å²) >= 11 is 0. The van der Waals surface area contributed by atoms with Gasteiger partial charge in [0.25, 0.3) is 0 Å². The first kappa shape index (κ1) is 20.5. The zero-order valence-electron chi connectivity index (χ0n) is 16.9. The average molecular weight is 424 g/mol. The number of nitrogens with zero attached hydrogens (tertiary/aromatic N) is 3. The molecule has 3 aromatic rings. The van der Waals surface area contributed by atoms with Gasteiger partial charge in [0.1, 0.15) is 11.9 Å². The number of carbonyl (C=O) groups is 2. The van der Waals surface area contributed by atoms with Gasteiger partial charge in [-0.2, -0.15) is 4.98 Å². The maximum atomic E-state index is 13.1. The first-order chi connectivity index (χ1) is 15.0. The Hall–Kier alpha value is -3.75. The number of nitrogens with one attached hydrogen (secondary N) is 1. The lowest BCUT2D eigenvalue weighted by molar-refractivity contribution is 0.0526. The van der Waals surface area contributed by atoms with Crippen molar-refractivity contribution in [3.63, 3.8) is 0 Å². The molecule has 31 heavy (non-hydrogen) atoms. The third-order valence-corrected chi connectivity index (χ3v) is 4.99. The lowest BCUT2D eigenvalue weighted by atomic mass is 10.2. The van der Waals surface area contributed by atoms with E-state index in [1.807, 2.05) is 0 Å². The predicted molar refractivity (Wildman–Crippen MR) is 110 cm³/mol. The number of aromatic nitrogens is 2. The zero-order chi connectivity index (χ0) is 21.8. The van der Waals surface area contributed by atoms with Crippen molar-refractivity contribution in [1.82, 2.24) is 15.0 Å². The molecule has 8 nitrogen and oxygen atoms in total. The smallest absolute Gasteiger partial charge is 0.338 e. The first-order valence-corrected chi connectivity index (χ1v) is 9.99. The van der Waals surface area contributed by atoms with Crippen LogP contribution in [0.4, 0.5) is 14.9 Å². The number of urea groups is 1. The van der Waals surface area contributed by atoms with Crippen LogP contribution in [-0.4, -0.2) is 40.2 Å². The minimum absolute atomic E-state index is 0.298. The van der Waals surface area contributed by atoms with Gasteiger partial charge in [-0.15, -0.1) is 0 Å². The van der Waals surface area contributed by atoms with E-state index in [2.05, 4.69) is 15.5 Å². The van der Waals surface area contributed by atoms with Gasteiger partial charge < -0.3 is 19.5 Å². The van der Waals surface area contributed by atoms with Crippen molar-refractivity contribution in [2.75, 3.05) is 18.5 Å². The van der Waals surface area contributed by atoms with E-state index in [-0.39, 0.29) is 17.9 Å². The minimum atomic E-state index is -0.409. The third kappa shape index (κ3) is 4.55. The summed E-state index contributed by atoms with van der Waals surface area (Å²) < 4.78 is 23.5. The van der Waals surface area contributed by atoms with Crippen molar-refractivity contribution in [3.05, 3.63) is 65.8 Å². The maximum Gasteiger partial charge on any atom is 0.338 e. The number of benzene rings is 2. The molecule has 2 aromatic carbocycles. The highest BCUT2D eigenvalue weighted by atomic mass is 19.1. The summed E-state index contributed by atoms with van der Waals surface area (Å²) in [5.41, 5.74) is 1.60. The second-order valence-electron chi connectivity index (χ2n) is 7.04. The number of likely N-dealkylation sites (tertiary alicyclic amines) is 1. The molecule has 1 unspecified atom stereocenters. The van der Waals surface area contributed by atoms with Gasteiger partial charge in [-0.1, -0.05) is 5.16 Å². The van der Waals surface area contributed by atoms with Gasteiger partial charge in [-0.3, -0.25) is 0 Å². The van der Waals surface area contributed by atoms with Crippen molar-refractivity contribution in [2.45, 2.75) is 25.8 Å². The summed E-state index contributed by atoms with van der Waals surface area (Å²) in [6.07, 6.45) is 1.49. The van der Waals surface area contributed by atoms with Crippen molar-refractivity contribution >= 4 is 17.7 Å². The Balaban J connectivity index is 1.44. The van der Waals surface area contributed by atoms with E-state index in [1.54, 1.807) is 48.2 Å². The fourth-order valence-corrected chi connectivity index (χ4v) is 3.45. The van der Waals surface area contributed by atoms with Crippen LogP contribution >= 0.6 is 0 Å². The molecular weight excluding hydrogens is 403 g/mol. The molecule has 9 heteroatoms. The van der Waals surface area contributed by atoms with Gasteiger partial charge in [0.05, 0.1) is 12.2 Å². The standard InChI is InChI=1S/C22H21FN4O4/c1-2-30-21(28)15-7-11-17(12-8-15)24-22(29)27-13-3-4-18(27)20-25-19(26-31-20)14-5-9-16(23)10-6-14/h5-12,18H,2-4,13H2,1H3,(H,24,29). The van der Waals surface area contributed by atoms with Gasteiger partial charge >= 0.3 is 12.0 Å². The first-order valence-electron chi connectivity index (χ1n) is 9.99. The number of amides is 2. The van der Waals surface area contributed by atoms with E-state index in [9.17, 15) is 14.0 Å². The van der Waals surface area contributed by atoms with Gasteiger partial charge in [-0.25, -0.2) is 14.0 Å². The van der Waals surface area contributed by atoms with E-state index in [0.29, 0.717) is 48.1 Å². The van der Waals surface area contributed by atoms with Crippen molar-refractivity contribution < 1.29 is 23.2 Å². The quantitative estimate of drug-likeness (QED) is 0.609. The molecule has 0 radical (unpaired) electrons. The zero-order valence-corrected chi connectivity index (χ0v) is 16.9. The molecule has 1 atom stereocenters. The molecule has 1 N–H and O–H groups in total. The molecule has 1 aliphatic rings. The van der Waals surface area contributed by atoms with Crippen LogP contribution in [0.2, 0.25) is 0 Å². The summed E-state index contributed by atoms with van der Waals surface area (Å²) in [6, 6.07) is 11.6. The van der Waals surface area contributed by atoms with Crippen molar-refractivity contribution in [3.8, 4) is 11.4 Å². The summed E-state index contributed by atoms with van der Waals surface area (Å²) in [6.45, 7) is 2.59. The number of hydrogen-bond donors (Lipinski definition) is 1. The van der Waals surface area contributed by atoms with Gasteiger partial charge in [-0.05, 0) is 68.3 Å². The van der Waals surface area contributed by atoms with Crippen molar-refractivity contribution in [2.24, 2.45) is 0 Å². The summed E-state index contributed by atoms with van der Waals surface area (Å²) in [4.78, 5) is 30.6. The highest BCUT2D eigenvalue weighted by Gasteiger charge is 2.34. The van der Waals surface area contributed by atoms with Gasteiger partial charge in [0.2, 0.25) is 11.7 Å². The molecule has 1 aromatic heterocycles. The van der Waals surface area contributed by atoms with Crippen LogP contribution in [0.15, 0.2) is 53.1 Å². The SMILES string of the molecule is CCOC(=O)c1ccc(NC(=O)N2CCCC2c2nc(-c3ccc(F)cc3)no2)cc1. The number of ether oxygens (including phenoxy) is 1. The van der Waals surface area contributed by atoms with Crippen LogP contribution in [0.5, 0.6) is 0 Å². The summed E-state index contributed by atoms with van der Waals surface area (Å²) in [7, 11) is 0. The molecule has 0 bridgehead atoms. The highest BCUT2D eigenvalue weighted by Crippen LogP contribution is 2.32. The Morgan fingerprint density at radius 2 is 1.94 bits per heavy atom. The van der Waals surface area contributed by atoms with Crippen LogP contribution in [0, 0.1) is 5.82 Å². The van der Waals surface area contributed by atoms with Crippen LogP contribution in [-0.2, 0) is 4.74 Å². The number of anilines is 1. The molecule has 1 saturated heterocycles. The van der Waals surface area contributed by atoms with E-state index in [0.717, 1.165) is 6.42 Å². The van der Waals surface area contributed by atoms with Crippen LogP contribution in [0.3, 0.4) is 0 Å². The predicted octanol–water partition coefficient (Wildman–Crippen LogP) is 4.42. The van der Waals surface area contributed by atoms with Crippen LogP contribution in [0.1, 0.15) is 42.1 Å². The molecule has 1 fully saturated rings. The topological polar surface area (TPSA) is 97.6 Å². The van der Waals surface area contributed by atoms with E-state index < -0.39 is 5.97 Å². The Morgan fingerprint density at radius 1 is 1.19 bits per heavy atom. The highest BCUT2D eigenvalue weighted by molar-refractivity contribution is 5.92. The fraction of sp³-hybridized carbons (Fsp3) is 0.273. The van der Waals surface area contributed by atoms with Crippen LogP contribution < -0.4 is 5.32 Å². The largest absolute Gasteiger partial charge is 0.462 e. The Labute approximate surface area is 178 Å². The summed E-state index contributed by atoms with van der Waals surface area (Å²) in [5.74, 6) is -0.0730. The van der Waals surface area contributed by atoms with Gasteiger partial charge in [0, 0.05) is 17.8 Å². The molecule has 2 amide bonds. The Morgan fingerprint density at radius 3 is 2.65 bits per heavy atom. The monoisotopic (exact) mass is 424 g/mol. The number of carbonyl (C=O) groups excluding carboxylic acids is 2. The minimum Gasteiger partial charge on any atom is -0.462 e. The average Bonchev–Trinajstić information content (AvgIpc) is 3.44. The van der Waals surface area contributed by atoms with E-state index >= 15 is 0 Å². The second kappa shape index (κ2) is 8.95. The van der Waals surface area contributed by atoms with Gasteiger partial charge in [0.15, 0.2) is 0 Å². The molecular formula is C22H21FN4O4. The molecule has 160 valence electrons. The Kier molecular flexibility index (Phi) is 5.92. The molecule has 1 aliphatic heterocycles. The van der Waals surface area contributed by atoms with E-state index in [4.69, 9.17) is 9.26 Å². The van der Waals surface area contributed by atoms with Crippen molar-refractivity contribution in [1.29, 1.82) is 0 Å².